The van der Waals surface area contributed by atoms with Gasteiger partial charge in [-0.3, -0.25) is 0 Å². The number of hydrogen-bond acceptors (Lipinski definition) is 4. The first-order valence-corrected chi connectivity index (χ1v) is 19.6. The number of nitrogens with zero attached hydrogens (tertiary/aromatic N) is 4. The Labute approximate surface area is 327 Å². The Hall–Kier alpha value is -7.21. The summed E-state index contributed by atoms with van der Waals surface area (Å²) in [5.41, 5.74) is 10.9. The molecule has 0 aliphatic heterocycles. The average molecular weight is 733 g/mol. The fourth-order valence-corrected chi connectivity index (χ4v) is 9.33. The number of fused-ring (bicyclic) bond motifs is 7. The minimum absolute atomic E-state index is 0.634. The summed E-state index contributed by atoms with van der Waals surface area (Å²) < 4.78 is 4.92. The number of para-hydroxylation sites is 2. The van der Waals surface area contributed by atoms with Crippen LogP contribution in [0, 0.1) is 0 Å². The summed E-state index contributed by atoms with van der Waals surface area (Å²) in [5, 5.41) is 5.00. The molecular formula is C51H32N4S. The van der Waals surface area contributed by atoms with E-state index in [0.717, 1.165) is 44.6 Å². The van der Waals surface area contributed by atoms with E-state index in [2.05, 4.69) is 162 Å². The predicted octanol–water partition coefficient (Wildman–Crippen LogP) is 13.7. The maximum absolute atomic E-state index is 5.23. The van der Waals surface area contributed by atoms with Crippen molar-refractivity contribution in [1.29, 1.82) is 0 Å². The standard InChI is InChI=1S/C51H32N4S/c1-5-16-33(17-6-1)36-28-29-38(43(32-36)51-53-49(34-18-7-2-8-19-34)52-50(54-51)35-20-9-3-10-21-35)41-25-15-26-42-46-45(56-48(41)42)31-30-40-39-24-13-14-27-44(39)55(47(40)46)37-22-11-4-12-23-37/h1-32H. The van der Waals surface area contributed by atoms with Crippen molar-refractivity contribution in [2.24, 2.45) is 0 Å². The van der Waals surface area contributed by atoms with Crippen molar-refractivity contribution < 1.29 is 0 Å². The number of aromatic nitrogens is 4. The van der Waals surface area contributed by atoms with E-state index >= 15 is 0 Å². The molecule has 0 aliphatic carbocycles. The largest absolute Gasteiger partial charge is 0.309 e. The van der Waals surface area contributed by atoms with Crippen LogP contribution < -0.4 is 0 Å². The van der Waals surface area contributed by atoms with E-state index in [1.54, 1.807) is 0 Å². The van der Waals surface area contributed by atoms with Crippen molar-refractivity contribution in [3.8, 4) is 62.1 Å². The summed E-state index contributed by atoms with van der Waals surface area (Å²) >= 11 is 1.85. The lowest BCUT2D eigenvalue weighted by Gasteiger charge is -2.15. The zero-order chi connectivity index (χ0) is 37.0. The number of thiophene rings is 1. The van der Waals surface area contributed by atoms with E-state index in [-0.39, 0.29) is 0 Å². The molecule has 0 spiro atoms. The van der Waals surface area contributed by atoms with Crippen LogP contribution in [0.1, 0.15) is 0 Å². The highest BCUT2D eigenvalue weighted by Gasteiger charge is 2.22. The van der Waals surface area contributed by atoms with Crippen molar-refractivity contribution in [3.63, 3.8) is 0 Å². The van der Waals surface area contributed by atoms with Gasteiger partial charge in [-0.25, -0.2) is 15.0 Å². The number of rotatable bonds is 6. The van der Waals surface area contributed by atoms with Gasteiger partial charge < -0.3 is 4.57 Å². The fraction of sp³-hybridized carbons (Fsp3) is 0. The van der Waals surface area contributed by atoms with Gasteiger partial charge in [-0.1, -0.05) is 164 Å². The van der Waals surface area contributed by atoms with Crippen LogP contribution in [-0.2, 0) is 0 Å². The van der Waals surface area contributed by atoms with Gasteiger partial charge in [0, 0.05) is 58.9 Å². The van der Waals surface area contributed by atoms with Gasteiger partial charge in [0.2, 0.25) is 0 Å². The molecule has 11 rings (SSSR count). The molecule has 0 atom stereocenters. The monoisotopic (exact) mass is 732 g/mol. The van der Waals surface area contributed by atoms with Crippen LogP contribution in [0.4, 0.5) is 0 Å². The Bertz CT molecular complexity index is 3170. The number of hydrogen-bond donors (Lipinski definition) is 0. The minimum atomic E-state index is 0.634. The Morgan fingerprint density at radius 1 is 0.375 bits per heavy atom. The molecule has 8 aromatic carbocycles. The second-order valence-electron chi connectivity index (χ2n) is 14.0. The molecule has 3 aromatic heterocycles. The second-order valence-corrected chi connectivity index (χ2v) is 15.0. The van der Waals surface area contributed by atoms with Gasteiger partial charge in [0.15, 0.2) is 17.5 Å². The molecule has 0 unspecified atom stereocenters. The molecule has 0 saturated carbocycles. The third-order valence-corrected chi connectivity index (χ3v) is 11.9. The van der Waals surface area contributed by atoms with Crippen LogP contribution in [0.2, 0.25) is 0 Å². The molecule has 0 radical (unpaired) electrons. The Morgan fingerprint density at radius 2 is 0.964 bits per heavy atom. The molecule has 11 aromatic rings. The average Bonchev–Trinajstić information content (AvgIpc) is 3.83. The lowest BCUT2D eigenvalue weighted by atomic mass is 9.93. The van der Waals surface area contributed by atoms with Gasteiger partial charge >= 0.3 is 0 Å². The number of benzene rings is 8. The highest BCUT2D eigenvalue weighted by Crippen LogP contribution is 2.47. The molecule has 0 saturated heterocycles. The van der Waals surface area contributed by atoms with Crippen molar-refractivity contribution in [1.82, 2.24) is 19.5 Å². The molecule has 4 nitrogen and oxygen atoms in total. The van der Waals surface area contributed by atoms with Crippen LogP contribution in [0.25, 0.3) is 104 Å². The summed E-state index contributed by atoms with van der Waals surface area (Å²) in [7, 11) is 0. The van der Waals surface area contributed by atoms with E-state index in [1.165, 1.54) is 42.0 Å². The molecule has 0 bridgehead atoms. The molecule has 0 N–H and O–H groups in total. The lowest BCUT2D eigenvalue weighted by Crippen LogP contribution is -2.01. The van der Waals surface area contributed by atoms with Crippen molar-refractivity contribution in [3.05, 3.63) is 194 Å². The van der Waals surface area contributed by atoms with Crippen LogP contribution in [0.15, 0.2) is 194 Å². The van der Waals surface area contributed by atoms with E-state index < -0.39 is 0 Å². The zero-order valence-corrected chi connectivity index (χ0v) is 31.0. The summed E-state index contributed by atoms with van der Waals surface area (Å²) in [6.45, 7) is 0. The van der Waals surface area contributed by atoms with E-state index in [1.807, 2.05) is 47.7 Å². The summed E-state index contributed by atoms with van der Waals surface area (Å²) in [6, 6.07) is 68.4. The normalized spacial score (nSPS) is 11.6. The van der Waals surface area contributed by atoms with Gasteiger partial charge in [0.1, 0.15) is 0 Å². The molecule has 0 amide bonds. The lowest BCUT2D eigenvalue weighted by molar-refractivity contribution is 1.07. The van der Waals surface area contributed by atoms with Gasteiger partial charge in [-0.05, 0) is 47.0 Å². The summed E-state index contributed by atoms with van der Waals surface area (Å²) in [6.07, 6.45) is 0. The highest BCUT2D eigenvalue weighted by molar-refractivity contribution is 7.26. The van der Waals surface area contributed by atoms with Gasteiger partial charge in [0.05, 0.1) is 11.0 Å². The smallest absolute Gasteiger partial charge is 0.164 e. The highest BCUT2D eigenvalue weighted by atomic mass is 32.1. The quantitative estimate of drug-likeness (QED) is 0.171. The van der Waals surface area contributed by atoms with Crippen LogP contribution in [-0.4, -0.2) is 19.5 Å². The van der Waals surface area contributed by atoms with E-state index in [0.29, 0.717) is 17.5 Å². The summed E-state index contributed by atoms with van der Waals surface area (Å²) in [5.74, 6) is 1.92. The van der Waals surface area contributed by atoms with Crippen LogP contribution in [0.3, 0.4) is 0 Å². The Morgan fingerprint density at radius 3 is 1.66 bits per heavy atom. The molecule has 3 heterocycles. The van der Waals surface area contributed by atoms with Gasteiger partial charge in [0.25, 0.3) is 0 Å². The van der Waals surface area contributed by atoms with E-state index in [4.69, 9.17) is 15.0 Å². The molecule has 0 fully saturated rings. The van der Waals surface area contributed by atoms with Crippen molar-refractivity contribution >= 4 is 53.3 Å². The predicted molar refractivity (Wildman–Crippen MR) is 234 cm³/mol. The Kier molecular flexibility index (Phi) is 7.64. The first-order valence-electron chi connectivity index (χ1n) is 18.8. The maximum atomic E-state index is 5.23. The minimum Gasteiger partial charge on any atom is -0.309 e. The maximum Gasteiger partial charge on any atom is 0.164 e. The molecular weight excluding hydrogens is 701 g/mol. The molecule has 5 heteroatoms. The van der Waals surface area contributed by atoms with Crippen molar-refractivity contribution in [2.75, 3.05) is 0 Å². The third-order valence-electron chi connectivity index (χ3n) is 10.7. The van der Waals surface area contributed by atoms with Crippen molar-refractivity contribution in [2.45, 2.75) is 0 Å². The third kappa shape index (κ3) is 5.32. The first kappa shape index (κ1) is 32.2. The first-order chi connectivity index (χ1) is 27.8. The van der Waals surface area contributed by atoms with Crippen LogP contribution >= 0.6 is 11.3 Å². The van der Waals surface area contributed by atoms with Gasteiger partial charge in [-0.2, -0.15) is 0 Å². The van der Waals surface area contributed by atoms with Gasteiger partial charge in [-0.15, -0.1) is 11.3 Å². The van der Waals surface area contributed by atoms with E-state index in [9.17, 15) is 0 Å². The Balaban J connectivity index is 1.20. The molecule has 56 heavy (non-hydrogen) atoms. The zero-order valence-electron chi connectivity index (χ0n) is 30.2. The molecule has 0 aliphatic rings. The summed E-state index contributed by atoms with van der Waals surface area (Å²) in [4.78, 5) is 15.5. The topological polar surface area (TPSA) is 43.6 Å². The van der Waals surface area contributed by atoms with Crippen LogP contribution in [0.5, 0.6) is 0 Å². The fourth-order valence-electron chi connectivity index (χ4n) is 8.10. The molecule has 262 valence electrons. The second kappa shape index (κ2) is 13.3. The SMILES string of the molecule is c1ccc(-c2ccc(-c3cccc4c3sc3ccc5c6ccccc6n(-c6ccccc6)c5c34)c(-c3nc(-c4ccccc4)nc(-c4ccccc4)n3)c2)cc1.